The molecule has 0 amide bonds. The molecule has 0 saturated carbocycles. The second-order valence-electron chi connectivity index (χ2n) is 10.3. The summed E-state index contributed by atoms with van der Waals surface area (Å²) in [5.74, 6) is -0.0383. The maximum Gasteiger partial charge on any atom is 0.303 e. The first-order chi connectivity index (χ1) is 19.9. The number of hydrogen-bond donors (Lipinski definition) is 2. The standard InChI is InChI=1S/C31H32N6O4/c1-3-4-12-25-32-27-28(30(41)22(19(2)29(27)40)9-7-8-13-26(38)39)37(25)18-20-14-16-21(17-15-20)23-10-5-6-11-24(23)31-33-35-36-34-31/h5-6,10-11,14-17H,3-4,7-9,12-13,18H2,1-2H3,(H,38,39)(H,33,34,35,36). The number of H-pyrrole nitrogens is 1. The Bertz CT molecular complexity index is 1620. The second-order valence-corrected chi connectivity index (χ2v) is 10.3. The van der Waals surface area contributed by atoms with E-state index >= 15 is 0 Å². The third-order valence-electron chi connectivity index (χ3n) is 7.48. The molecule has 10 heteroatoms. The van der Waals surface area contributed by atoms with Crippen LogP contribution in [0.2, 0.25) is 0 Å². The Morgan fingerprint density at radius 1 is 0.951 bits per heavy atom. The highest BCUT2D eigenvalue weighted by atomic mass is 16.4. The van der Waals surface area contributed by atoms with Gasteiger partial charge in [-0.05, 0) is 54.5 Å². The van der Waals surface area contributed by atoms with E-state index in [-0.39, 0.29) is 23.7 Å². The number of aromatic amines is 1. The number of unbranched alkanes of at least 4 members (excludes halogenated alkanes) is 2. The van der Waals surface area contributed by atoms with Crippen LogP contribution in [-0.4, -0.2) is 52.8 Å². The number of Topliss-reactive ketones (excluding diaryl/α,β-unsaturated/α-hetero) is 2. The third-order valence-corrected chi connectivity index (χ3v) is 7.48. The minimum absolute atomic E-state index is 0.0361. The summed E-state index contributed by atoms with van der Waals surface area (Å²) >= 11 is 0. The maximum absolute atomic E-state index is 13.8. The summed E-state index contributed by atoms with van der Waals surface area (Å²) in [4.78, 5) is 42.7. The zero-order valence-corrected chi connectivity index (χ0v) is 23.2. The molecule has 210 valence electrons. The van der Waals surface area contributed by atoms with Gasteiger partial charge in [0.1, 0.15) is 17.2 Å². The number of rotatable bonds is 12. The Balaban J connectivity index is 1.45. The zero-order valence-electron chi connectivity index (χ0n) is 23.2. The van der Waals surface area contributed by atoms with Gasteiger partial charge in [0.05, 0.1) is 0 Å². The molecule has 5 rings (SSSR count). The largest absolute Gasteiger partial charge is 0.481 e. The van der Waals surface area contributed by atoms with E-state index in [9.17, 15) is 14.4 Å². The topological polar surface area (TPSA) is 144 Å². The second kappa shape index (κ2) is 12.2. The number of carbonyl (C=O) groups excluding carboxylic acids is 2. The molecule has 2 aromatic carbocycles. The van der Waals surface area contributed by atoms with Gasteiger partial charge in [-0.15, -0.1) is 10.2 Å². The molecule has 0 radical (unpaired) electrons. The number of carboxylic acids is 1. The summed E-state index contributed by atoms with van der Waals surface area (Å²) in [6.45, 7) is 4.17. The van der Waals surface area contributed by atoms with Crippen molar-refractivity contribution in [2.75, 3.05) is 0 Å². The number of nitrogens with zero attached hydrogens (tertiary/aromatic N) is 5. The lowest BCUT2D eigenvalue weighted by Crippen LogP contribution is -2.24. The van der Waals surface area contributed by atoms with Gasteiger partial charge in [0, 0.05) is 36.1 Å². The summed E-state index contributed by atoms with van der Waals surface area (Å²) in [6.07, 6.45) is 3.88. The van der Waals surface area contributed by atoms with Gasteiger partial charge >= 0.3 is 5.97 Å². The van der Waals surface area contributed by atoms with E-state index in [2.05, 4.69) is 32.5 Å². The lowest BCUT2D eigenvalue weighted by Gasteiger charge is -2.19. The summed E-state index contributed by atoms with van der Waals surface area (Å²) in [7, 11) is 0. The number of carboxylic acid groups (broad SMARTS) is 1. The van der Waals surface area contributed by atoms with Crippen LogP contribution in [0.15, 0.2) is 59.7 Å². The average Bonchev–Trinajstić information content (AvgIpc) is 3.64. The molecule has 0 spiro atoms. The van der Waals surface area contributed by atoms with E-state index in [1.807, 2.05) is 53.1 Å². The lowest BCUT2D eigenvalue weighted by molar-refractivity contribution is -0.137. The fourth-order valence-electron chi connectivity index (χ4n) is 5.27. The Morgan fingerprint density at radius 2 is 1.71 bits per heavy atom. The van der Waals surface area contributed by atoms with Crippen molar-refractivity contribution in [3.8, 4) is 22.5 Å². The first-order valence-electron chi connectivity index (χ1n) is 13.9. The molecule has 2 aromatic heterocycles. The SMILES string of the molecule is CCCCc1nc2c(n1Cc1ccc(-c3ccccc3-c3nn[nH]n3)cc1)C(=O)C(CCCCC(=O)O)=C(C)C2=O. The number of benzene rings is 2. The number of fused-ring (bicyclic) bond motifs is 1. The average molecular weight is 553 g/mol. The van der Waals surface area contributed by atoms with Crippen molar-refractivity contribution in [2.24, 2.45) is 0 Å². The van der Waals surface area contributed by atoms with Crippen LogP contribution in [0, 0.1) is 0 Å². The van der Waals surface area contributed by atoms with Crippen molar-refractivity contribution < 1.29 is 19.5 Å². The van der Waals surface area contributed by atoms with Crippen LogP contribution < -0.4 is 0 Å². The van der Waals surface area contributed by atoms with Crippen LogP contribution >= 0.6 is 0 Å². The third kappa shape index (κ3) is 5.77. The minimum Gasteiger partial charge on any atom is -0.481 e. The minimum atomic E-state index is -0.869. The Hall–Kier alpha value is -4.73. The summed E-state index contributed by atoms with van der Waals surface area (Å²) in [5, 5.41) is 23.4. The summed E-state index contributed by atoms with van der Waals surface area (Å²) in [5.41, 5.74) is 5.23. The number of allylic oxidation sites excluding steroid dienone is 2. The first kappa shape index (κ1) is 27.8. The molecule has 4 aromatic rings. The highest BCUT2D eigenvalue weighted by Crippen LogP contribution is 2.32. The molecule has 0 fully saturated rings. The number of ketones is 2. The zero-order chi connectivity index (χ0) is 28.9. The normalized spacial score (nSPS) is 13.1. The van der Waals surface area contributed by atoms with Gasteiger partial charge in [-0.25, -0.2) is 4.98 Å². The molecule has 10 nitrogen and oxygen atoms in total. The Labute approximate surface area is 237 Å². The number of aromatic nitrogens is 6. The number of carbonyl (C=O) groups is 3. The first-order valence-corrected chi connectivity index (χ1v) is 13.9. The molecule has 0 unspecified atom stereocenters. The van der Waals surface area contributed by atoms with Crippen LogP contribution in [-0.2, 0) is 17.8 Å². The fourth-order valence-corrected chi connectivity index (χ4v) is 5.27. The Morgan fingerprint density at radius 3 is 2.39 bits per heavy atom. The predicted octanol–water partition coefficient (Wildman–Crippen LogP) is 5.46. The highest BCUT2D eigenvalue weighted by molar-refractivity contribution is 6.25. The van der Waals surface area contributed by atoms with E-state index in [1.54, 1.807) is 6.92 Å². The van der Waals surface area contributed by atoms with Gasteiger partial charge in [0.25, 0.3) is 0 Å². The maximum atomic E-state index is 13.8. The summed E-state index contributed by atoms with van der Waals surface area (Å²) < 4.78 is 1.90. The van der Waals surface area contributed by atoms with Crippen molar-refractivity contribution in [3.63, 3.8) is 0 Å². The molecule has 0 aliphatic heterocycles. The van der Waals surface area contributed by atoms with Crippen molar-refractivity contribution in [1.29, 1.82) is 0 Å². The number of tetrazole rings is 1. The van der Waals surface area contributed by atoms with Gasteiger partial charge in [-0.1, -0.05) is 61.9 Å². The van der Waals surface area contributed by atoms with Crippen LogP contribution in [0.25, 0.3) is 22.5 Å². The number of nitrogens with one attached hydrogen (secondary N) is 1. The quantitative estimate of drug-likeness (QED) is 0.220. The summed E-state index contributed by atoms with van der Waals surface area (Å²) in [6, 6.07) is 15.9. The van der Waals surface area contributed by atoms with Gasteiger partial charge in [0.15, 0.2) is 0 Å². The number of aryl methyl sites for hydroxylation is 1. The molecule has 1 aliphatic rings. The van der Waals surface area contributed by atoms with Gasteiger partial charge in [-0.3, -0.25) is 14.4 Å². The van der Waals surface area contributed by atoms with Crippen LogP contribution in [0.3, 0.4) is 0 Å². The molecule has 1 aliphatic carbocycles. The Kier molecular flexibility index (Phi) is 8.28. The smallest absolute Gasteiger partial charge is 0.303 e. The van der Waals surface area contributed by atoms with Crippen molar-refractivity contribution in [2.45, 2.75) is 65.3 Å². The lowest BCUT2D eigenvalue weighted by atomic mass is 9.87. The van der Waals surface area contributed by atoms with Gasteiger partial charge < -0.3 is 9.67 Å². The molecule has 2 N–H and O–H groups in total. The van der Waals surface area contributed by atoms with Crippen molar-refractivity contribution >= 4 is 17.5 Å². The van der Waals surface area contributed by atoms with E-state index in [4.69, 9.17) is 5.11 Å². The van der Waals surface area contributed by atoms with Crippen molar-refractivity contribution in [3.05, 3.63) is 82.5 Å². The molecular weight excluding hydrogens is 520 g/mol. The van der Waals surface area contributed by atoms with Crippen LogP contribution in [0.1, 0.15) is 84.7 Å². The highest BCUT2D eigenvalue weighted by Gasteiger charge is 2.35. The molecule has 41 heavy (non-hydrogen) atoms. The van der Waals surface area contributed by atoms with Crippen LogP contribution in [0.5, 0.6) is 0 Å². The molecule has 2 heterocycles. The number of imidazole rings is 1. The predicted molar refractivity (Wildman–Crippen MR) is 152 cm³/mol. The van der Waals surface area contributed by atoms with Gasteiger partial charge in [0.2, 0.25) is 17.4 Å². The van der Waals surface area contributed by atoms with E-state index in [0.717, 1.165) is 40.9 Å². The monoisotopic (exact) mass is 552 g/mol. The molecular formula is C31H32N6O4. The molecule has 0 saturated heterocycles. The molecule has 0 atom stereocenters. The van der Waals surface area contributed by atoms with E-state index < -0.39 is 5.97 Å². The number of hydrogen-bond acceptors (Lipinski definition) is 7. The van der Waals surface area contributed by atoms with Crippen LogP contribution in [0.4, 0.5) is 0 Å². The van der Waals surface area contributed by atoms with E-state index in [1.165, 1.54) is 0 Å². The van der Waals surface area contributed by atoms with Crippen molar-refractivity contribution in [1.82, 2.24) is 30.2 Å². The van der Waals surface area contributed by atoms with E-state index in [0.29, 0.717) is 54.9 Å². The molecule has 0 bridgehead atoms. The fraction of sp³-hybridized carbons (Fsp3) is 0.323. The number of aliphatic carboxylic acids is 1. The van der Waals surface area contributed by atoms with Gasteiger partial charge in [-0.2, -0.15) is 5.21 Å².